The molecule has 0 saturated carbocycles. The maximum atomic E-state index is 13.6. The van der Waals surface area contributed by atoms with E-state index in [-0.39, 0.29) is 15.7 Å². The number of hydrogen-bond donors (Lipinski definition) is 0. The predicted octanol–water partition coefficient (Wildman–Crippen LogP) is 5.18. The van der Waals surface area contributed by atoms with Gasteiger partial charge in [0.2, 0.25) is 5.91 Å². The van der Waals surface area contributed by atoms with Crippen LogP contribution in [0.15, 0.2) is 72.8 Å². The molecule has 3 aromatic carbocycles. The predicted molar refractivity (Wildman–Crippen MR) is 115 cm³/mol. The maximum absolute atomic E-state index is 13.6. The lowest BCUT2D eigenvalue weighted by Crippen LogP contribution is -2.37. The molecule has 2 amide bonds. The van der Waals surface area contributed by atoms with E-state index >= 15 is 0 Å². The van der Waals surface area contributed by atoms with Gasteiger partial charge in [-0.25, -0.2) is 14.4 Å². The van der Waals surface area contributed by atoms with E-state index in [0.29, 0.717) is 11.3 Å². The number of imide groups is 1. The molecule has 2 heterocycles. The van der Waals surface area contributed by atoms with E-state index in [0.717, 1.165) is 4.90 Å². The summed E-state index contributed by atoms with van der Waals surface area (Å²) in [6, 6.07) is 19.1. The molecule has 5 nitrogen and oxygen atoms in total. The Morgan fingerprint density at radius 1 is 0.806 bits per heavy atom. The minimum absolute atomic E-state index is 0.142. The average Bonchev–Trinajstić information content (AvgIpc) is 3.27. The highest BCUT2D eigenvalue weighted by atomic mass is 35.5. The summed E-state index contributed by atoms with van der Waals surface area (Å²) in [4.78, 5) is 33.8. The molecular weight excluding hydrogens is 442 g/mol. The van der Waals surface area contributed by atoms with E-state index in [1.165, 1.54) is 12.1 Å². The number of rotatable bonds is 3. The number of anilines is 2. The van der Waals surface area contributed by atoms with Gasteiger partial charge in [0.1, 0.15) is 11.7 Å². The first-order valence-corrected chi connectivity index (χ1v) is 10.3. The molecule has 0 unspecified atom stereocenters. The minimum Gasteiger partial charge on any atom is -0.273 e. The van der Waals surface area contributed by atoms with E-state index in [1.54, 1.807) is 35.4 Å². The number of nitrogens with zero attached hydrogens (tertiary/aromatic N) is 2. The third-order valence-electron chi connectivity index (χ3n) is 5.50. The molecule has 0 spiro atoms. The van der Waals surface area contributed by atoms with Crippen molar-refractivity contribution in [1.29, 1.82) is 0 Å². The molecule has 0 bridgehead atoms. The average molecular weight is 457 g/mol. The molecule has 2 aliphatic heterocycles. The van der Waals surface area contributed by atoms with Gasteiger partial charge < -0.3 is 0 Å². The number of hydrogen-bond acceptors (Lipinski definition) is 4. The van der Waals surface area contributed by atoms with Gasteiger partial charge in [-0.05, 0) is 42.0 Å². The summed E-state index contributed by atoms with van der Waals surface area (Å²) in [7, 11) is 0. The zero-order chi connectivity index (χ0) is 21.7. The molecule has 2 fully saturated rings. The van der Waals surface area contributed by atoms with Crippen molar-refractivity contribution in [3.63, 3.8) is 0 Å². The molecule has 0 aliphatic carbocycles. The molecular formula is C23H15Cl2FN2O3. The van der Waals surface area contributed by atoms with Crippen LogP contribution in [0.5, 0.6) is 0 Å². The number of para-hydroxylation sites is 2. The van der Waals surface area contributed by atoms with Gasteiger partial charge in [0.15, 0.2) is 6.10 Å². The number of amides is 2. The summed E-state index contributed by atoms with van der Waals surface area (Å²) < 4.78 is 13.6. The Morgan fingerprint density at radius 2 is 1.45 bits per heavy atom. The largest absolute Gasteiger partial charge is 0.273 e. The fourth-order valence-corrected chi connectivity index (χ4v) is 4.70. The number of carbonyl (C=O) groups excluding carboxylic acids is 2. The van der Waals surface area contributed by atoms with Crippen LogP contribution in [0, 0.1) is 11.7 Å². The quantitative estimate of drug-likeness (QED) is 0.509. The van der Waals surface area contributed by atoms with Crippen molar-refractivity contribution < 1.29 is 18.8 Å². The summed E-state index contributed by atoms with van der Waals surface area (Å²) in [5.41, 5.74) is 1.46. The lowest BCUT2D eigenvalue weighted by atomic mass is 9.90. The zero-order valence-electron chi connectivity index (χ0n) is 15.9. The van der Waals surface area contributed by atoms with Crippen molar-refractivity contribution in [3.8, 4) is 0 Å². The van der Waals surface area contributed by atoms with Crippen molar-refractivity contribution in [1.82, 2.24) is 0 Å². The number of fused-ring (bicyclic) bond motifs is 1. The van der Waals surface area contributed by atoms with Crippen LogP contribution in [0.2, 0.25) is 10.0 Å². The Balaban J connectivity index is 1.61. The second-order valence-electron chi connectivity index (χ2n) is 7.29. The zero-order valence-corrected chi connectivity index (χ0v) is 17.4. The van der Waals surface area contributed by atoms with Crippen LogP contribution in [0.3, 0.4) is 0 Å². The Kier molecular flexibility index (Phi) is 4.93. The lowest BCUT2D eigenvalue weighted by molar-refractivity contribution is -0.126. The molecule has 5 rings (SSSR count). The van der Waals surface area contributed by atoms with Gasteiger partial charge >= 0.3 is 0 Å². The molecule has 2 aliphatic rings. The molecule has 3 atom stereocenters. The van der Waals surface area contributed by atoms with Crippen LogP contribution in [-0.2, 0) is 14.4 Å². The number of hydroxylamine groups is 1. The fraction of sp³-hybridized carbons (Fsp3) is 0.130. The van der Waals surface area contributed by atoms with Crippen LogP contribution in [0.1, 0.15) is 11.6 Å². The molecule has 0 N–H and O–H groups in total. The van der Waals surface area contributed by atoms with Crippen molar-refractivity contribution >= 4 is 46.4 Å². The highest BCUT2D eigenvalue weighted by Gasteiger charge is 2.60. The van der Waals surface area contributed by atoms with Gasteiger partial charge in [0.05, 0.1) is 27.5 Å². The first-order valence-electron chi connectivity index (χ1n) is 9.55. The Labute approximate surface area is 187 Å². The maximum Gasteiger partial charge on any atom is 0.266 e. The second-order valence-corrected chi connectivity index (χ2v) is 8.11. The Bertz CT molecular complexity index is 1150. The van der Waals surface area contributed by atoms with Crippen LogP contribution in [0.4, 0.5) is 15.8 Å². The second kappa shape index (κ2) is 7.64. The van der Waals surface area contributed by atoms with Crippen molar-refractivity contribution in [2.24, 2.45) is 5.92 Å². The van der Waals surface area contributed by atoms with Crippen molar-refractivity contribution in [2.45, 2.75) is 12.1 Å². The van der Waals surface area contributed by atoms with Gasteiger partial charge in [-0.2, -0.15) is 0 Å². The van der Waals surface area contributed by atoms with Crippen molar-refractivity contribution in [3.05, 3.63) is 94.2 Å². The van der Waals surface area contributed by atoms with Crippen molar-refractivity contribution in [2.75, 3.05) is 9.96 Å². The lowest BCUT2D eigenvalue weighted by Gasteiger charge is -2.29. The van der Waals surface area contributed by atoms with Crippen LogP contribution < -0.4 is 9.96 Å². The van der Waals surface area contributed by atoms with Gasteiger partial charge in [-0.3, -0.25) is 14.4 Å². The van der Waals surface area contributed by atoms with Crippen LogP contribution in [0.25, 0.3) is 0 Å². The third kappa shape index (κ3) is 3.19. The van der Waals surface area contributed by atoms with Gasteiger partial charge in [0, 0.05) is 0 Å². The van der Waals surface area contributed by atoms with Gasteiger partial charge in [-0.15, -0.1) is 0 Å². The fourth-order valence-electron chi connectivity index (χ4n) is 4.14. The van der Waals surface area contributed by atoms with Gasteiger partial charge in [0.25, 0.3) is 5.91 Å². The summed E-state index contributed by atoms with van der Waals surface area (Å²) in [5, 5.41) is 1.92. The number of benzene rings is 3. The highest BCUT2D eigenvalue weighted by Crippen LogP contribution is 2.49. The first-order chi connectivity index (χ1) is 15.0. The van der Waals surface area contributed by atoms with Gasteiger partial charge in [-0.1, -0.05) is 59.6 Å². The Hall–Kier alpha value is -2.93. The molecule has 2 saturated heterocycles. The van der Waals surface area contributed by atoms with E-state index in [9.17, 15) is 14.0 Å². The first kappa shape index (κ1) is 20.0. The van der Waals surface area contributed by atoms with E-state index in [2.05, 4.69) is 0 Å². The molecule has 3 aromatic rings. The van der Waals surface area contributed by atoms with E-state index in [1.807, 2.05) is 30.3 Å². The summed E-state index contributed by atoms with van der Waals surface area (Å²) in [6.45, 7) is 0. The topological polar surface area (TPSA) is 49.9 Å². The van der Waals surface area contributed by atoms with Crippen LogP contribution in [-0.4, -0.2) is 17.9 Å². The molecule has 8 heteroatoms. The minimum atomic E-state index is -1.06. The summed E-state index contributed by atoms with van der Waals surface area (Å²) >= 11 is 12.5. The Morgan fingerprint density at radius 3 is 2.10 bits per heavy atom. The molecule has 0 aromatic heterocycles. The number of halogens is 3. The monoisotopic (exact) mass is 456 g/mol. The normalized spacial score (nSPS) is 22.9. The smallest absolute Gasteiger partial charge is 0.266 e. The summed E-state index contributed by atoms with van der Waals surface area (Å²) in [6.07, 6.45) is -1.06. The molecule has 0 radical (unpaired) electrons. The SMILES string of the molecule is O=C1[C@H]2[C@@H](c3ccc(F)cc3)N(c3ccccc3)O[C@H]2C(=O)N1c1c(Cl)cccc1Cl. The highest BCUT2D eigenvalue weighted by molar-refractivity contribution is 6.42. The molecule has 31 heavy (non-hydrogen) atoms. The third-order valence-corrected chi connectivity index (χ3v) is 6.11. The molecule has 156 valence electrons. The standard InChI is InChI=1S/C23H15Cl2FN2O3/c24-16-7-4-8-17(25)20(16)27-22(29)18-19(13-9-11-14(26)12-10-13)28(31-21(18)23(27)30)15-5-2-1-3-6-15/h1-12,18-19,21H/t18-,19+,21+/m0/s1. The van der Waals surface area contributed by atoms with Crippen LogP contribution >= 0.6 is 23.2 Å². The number of carbonyl (C=O) groups is 2. The van der Waals surface area contributed by atoms with E-state index in [4.69, 9.17) is 28.0 Å². The van der Waals surface area contributed by atoms with E-state index < -0.39 is 35.7 Å². The summed E-state index contributed by atoms with van der Waals surface area (Å²) in [5.74, 6) is -2.28.